The van der Waals surface area contributed by atoms with Gasteiger partial charge in [-0.15, -0.1) is 0 Å². The van der Waals surface area contributed by atoms with Crippen LogP contribution in [-0.4, -0.2) is 14.7 Å². The topological polar surface area (TPSA) is 61.2 Å². The molecule has 0 aliphatic carbocycles. The van der Waals surface area contributed by atoms with Gasteiger partial charge in [-0.3, -0.25) is 4.31 Å². The molecule has 4 nitrogen and oxygen atoms in total. The number of rotatable bonds is 4. The van der Waals surface area contributed by atoms with Crippen molar-refractivity contribution in [3.05, 3.63) is 65.5 Å². The van der Waals surface area contributed by atoms with E-state index in [9.17, 15) is 12.8 Å². The molecule has 0 aromatic heterocycles. The lowest BCUT2D eigenvalue weighted by atomic mass is 10.1. The van der Waals surface area contributed by atoms with Crippen molar-refractivity contribution in [2.75, 3.05) is 10.6 Å². The van der Waals surface area contributed by atoms with E-state index in [2.05, 4.69) is 0 Å². The molecular weight excluding hydrogens is 291 g/mol. The fourth-order valence-corrected chi connectivity index (χ4v) is 2.82. The molecule has 0 bridgehead atoms. The summed E-state index contributed by atoms with van der Waals surface area (Å²) in [5.41, 5.74) is 1.21. The molecule has 0 saturated heterocycles. The zero-order valence-electron chi connectivity index (χ0n) is 11.3. The summed E-state index contributed by atoms with van der Waals surface area (Å²) >= 11 is 0. The van der Waals surface area contributed by atoms with Gasteiger partial charge in [-0.25, -0.2) is 12.8 Å². The van der Waals surface area contributed by atoms with Gasteiger partial charge >= 0.3 is 0 Å². The summed E-state index contributed by atoms with van der Waals surface area (Å²) in [5.74, 6) is -0.387. The molecule has 0 saturated carbocycles. The van der Waals surface area contributed by atoms with Gasteiger partial charge in [0.1, 0.15) is 11.9 Å². The van der Waals surface area contributed by atoms with Crippen molar-refractivity contribution in [2.45, 2.75) is 6.54 Å². The van der Waals surface area contributed by atoms with Crippen LogP contribution < -0.4 is 4.31 Å². The lowest BCUT2D eigenvalue weighted by Crippen LogP contribution is -2.30. The molecule has 108 valence electrons. The Morgan fingerprint density at radius 1 is 1.14 bits per heavy atom. The van der Waals surface area contributed by atoms with Crippen molar-refractivity contribution in [2.24, 2.45) is 0 Å². The summed E-state index contributed by atoms with van der Waals surface area (Å²) in [7, 11) is -3.57. The van der Waals surface area contributed by atoms with Crippen LogP contribution in [0.5, 0.6) is 0 Å². The number of nitriles is 1. The van der Waals surface area contributed by atoms with Crippen LogP contribution in [0.4, 0.5) is 10.1 Å². The minimum absolute atomic E-state index is 0.0395. The van der Waals surface area contributed by atoms with Crippen molar-refractivity contribution in [3.63, 3.8) is 0 Å². The zero-order valence-corrected chi connectivity index (χ0v) is 12.1. The highest BCUT2D eigenvalue weighted by molar-refractivity contribution is 7.92. The van der Waals surface area contributed by atoms with Gasteiger partial charge in [0.05, 0.1) is 24.1 Å². The Hall–Kier alpha value is -2.39. The molecule has 0 radical (unpaired) electrons. The van der Waals surface area contributed by atoms with Crippen molar-refractivity contribution >= 4 is 15.7 Å². The average Bonchev–Trinajstić information content (AvgIpc) is 2.45. The summed E-state index contributed by atoms with van der Waals surface area (Å²) in [6.07, 6.45) is 1.07. The number of sulfonamides is 1. The Kier molecular flexibility index (Phi) is 4.24. The number of hydrogen-bond acceptors (Lipinski definition) is 3. The highest BCUT2D eigenvalue weighted by Gasteiger charge is 2.20. The first-order valence-electron chi connectivity index (χ1n) is 6.13. The van der Waals surface area contributed by atoms with Crippen molar-refractivity contribution in [1.82, 2.24) is 0 Å². The Bertz CT molecular complexity index is 780. The second-order valence-corrected chi connectivity index (χ2v) is 6.43. The molecular formula is C15H13FN2O2S. The lowest BCUT2D eigenvalue weighted by Gasteiger charge is -2.23. The van der Waals surface area contributed by atoms with Crippen LogP contribution in [0.15, 0.2) is 48.5 Å². The van der Waals surface area contributed by atoms with Crippen molar-refractivity contribution in [3.8, 4) is 6.07 Å². The van der Waals surface area contributed by atoms with Gasteiger partial charge in [0.15, 0.2) is 0 Å². The van der Waals surface area contributed by atoms with Crippen molar-refractivity contribution in [1.29, 1.82) is 5.26 Å². The number of anilines is 1. The minimum atomic E-state index is -3.57. The van der Waals surface area contributed by atoms with E-state index in [1.54, 1.807) is 24.3 Å². The number of nitrogens with zero attached hydrogens (tertiary/aromatic N) is 2. The maximum Gasteiger partial charge on any atom is 0.232 e. The van der Waals surface area contributed by atoms with E-state index in [1.807, 2.05) is 6.07 Å². The lowest BCUT2D eigenvalue weighted by molar-refractivity contribution is 0.596. The van der Waals surface area contributed by atoms with Gasteiger partial charge in [-0.05, 0) is 29.8 Å². The molecule has 0 fully saturated rings. The Morgan fingerprint density at radius 3 is 2.33 bits per heavy atom. The molecule has 0 amide bonds. The molecule has 0 N–H and O–H groups in total. The quantitative estimate of drug-likeness (QED) is 0.872. The molecule has 0 atom stereocenters. The van der Waals surface area contributed by atoms with E-state index in [0.717, 1.165) is 10.6 Å². The third kappa shape index (κ3) is 3.58. The van der Waals surface area contributed by atoms with Crippen LogP contribution in [-0.2, 0) is 16.6 Å². The molecule has 0 aliphatic rings. The van der Waals surface area contributed by atoms with E-state index in [4.69, 9.17) is 5.26 Å². The van der Waals surface area contributed by atoms with Gasteiger partial charge in [0.25, 0.3) is 0 Å². The highest BCUT2D eigenvalue weighted by Crippen LogP contribution is 2.24. The van der Waals surface area contributed by atoms with Crippen LogP contribution >= 0.6 is 0 Å². The fraction of sp³-hybridized carbons (Fsp3) is 0.133. The summed E-state index contributed by atoms with van der Waals surface area (Å²) in [5, 5.41) is 9.11. The van der Waals surface area contributed by atoms with E-state index in [1.165, 1.54) is 24.3 Å². The molecule has 2 aromatic rings. The minimum Gasteiger partial charge on any atom is -0.265 e. The van der Waals surface area contributed by atoms with Gasteiger partial charge in [0.2, 0.25) is 10.0 Å². The molecule has 6 heteroatoms. The molecule has 0 unspecified atom stereocenters. The summed E-state index contributed by atoms with van der Waals surface area (Å²) in [6.45, 7) is 0.0395. The first kappa shape index (κ1) is 15.0. The summed E-state index contributed by atoms with van der Waals surface area (Å²) < 4.78 is 38.1. The van der Waals surface area contributed by atoms with E-state index in [0.29, 0.717) is 11.3 Å². The van der Waals surface area contributed by atoms with E-state index >= 15 is 0 Å². The van der Waals surface area contributed by atoms with Crippen LogP contribution in [0.3, 0.4) is 0 Å². The molecule has 21 heavy (non-hydrogen) atoms. The molecule has 0 aliphatic heterocycles. The normalized spacial score (nSPS) is 10.9. The van der Waals surface area contributed by atoms with Gasteiger partial charge in [-0.1, -0.05) is 24.3 Å². The first-order valence-corrected chi connectivity index (χ1v) is 7.98. The third-order valence-corrected chi connectivity index (χ3v) is 4.06. The average molecular weight is 304 g/mol. The predicted octanol–water partition coefficient (Wildman–Crippen LogP) is 2.66. The second kappa shape index (κ2) is 5.94. The predicted molar refractivity (Wildman–Crippen MR) is 78.6 cm³/mol. The summed E-state index contributed by atoms with van der Waals surface area (Å²) in [6, 6.07) is 14.0. The molecule has 0 spiro atoms. The maximum atomic E-state index is 12.9. The number of para-hydroxylation sites is 1. The Balaban J connectivity index is 2.45. The maximum absolute atomic E-state index is 12.9. The monoisotopic (exact) mass is 304 g/mol. The molecule has 0 heterocycles. The number of benzene rings is 2. The first-order chi connectivity index (χ1) is 9.91. The number of hydrogen-bond donors (Lipinski definition) is 0. The van der Waals surface area contributed by atoms with E-state index in [-0.39, 0.29) is 17.9 Å². The number of halogens is 1. The summed E-state index contributed by atoms with van der Waals surface area (Å²) in [4.78, 5) is 0. The van der Waals surface area contributed by atoms with E-state index < -0.39 is 10.0 Å². The Labute approximate surface area is 123 Å². The smallest absolute Gasteiger partial charge is 0.232 e. The Morgan fingerprint density at radius 2 is 1.76 bits per heavy atom. The van der Waals surface area contributed by atoms with Gasteiger partial charge < -0.3 is 0 Å². The standard InChI is InChI=1S/C15H13FN2O2S/c1-21(19,20)18(11-12-6-8-14(16)9-7-12)15-5-3-2-4-13(15)10-17/h2-9H,11H2,1H3. The fourth-order valence-electron chi connectivity index (χ4n) is 1.92. The van der Waals surface area contributed by atoms with Crippen LogP contribution in [0.1, 0.15) is 11.1 Å². The van der Waals surface area contributed by atoms with Crippen LogP contribution in [0.25, 0.3) is 0 Å². The third-order valence-electron chi connectivity index (χ3n) is 2.93. The van der Waals surface area contributed by atoms with Crippen molar-refractivity contribution < 1.29 is 12.8 Å². The SMILES string of the molecule is CS(=O)(=O)N(Cc1ccc(F)cc1)c1ccccc1C#N. The highest BCUT2D eigenvalue weighted by atomic mass is 32.2. The van der Waals surface area contributed by atoms with Gasteiger partial charge in [-0.2, -0.15) is 5.26 Å². The van der Waals surface area contributed by atoms with Crippen LogP contribution in [0.2, 0.25) is 0 Å². The van der Waals surface area contributed by atoms with Crippen LogP contribution in [0, 0.1) is 17.1 Å². The second-order valence-electron chi connectivity index (χ2n) is 4.53. The van der Waals surface area contributed by atoms with Gasteiger partial charge in [0, 0.05) is 0 Å². The zero-order chi connectivity index (χ0) is 15.5. The molecule has 2 aromatic carbocycles. The molecule has 2 rings (SSSR count). The largest absolute Gasteiger partial charge is 0.265 e.